The van der Waals surface area contributed by atoms with Crippen molar-refractivity contribution >= 4 is 32.7 Å². The molecule has 0 bridgehead atoms. The number of rotatable bonds is 11. The van der Waals surface area contributed by atoms with Gasteiger partial charge in [0, 0.05) is 37.4 Å². The van der Waals surface area contributed by atoms with Crippen molar-refractivity contribution in [3.05, 3.63) is 45.9 Å². The van der Waals surface area contributed by atoms with Gasteiger partial charge in [0.2, 0.25) is 0 Å². The van der Waals surface area contributed by atoms with E-state index in [9.17, 15) is 18.0 Å². The first-order valence-corrected chi connectivity index (χ1v) is 15.8. The molecular weight excluding hydrogens is 526 g/mol. The zero-order chi connectivity index (χ0) is 26.9. The number of hydrogen-bond acceptors (Lipinski definition) is 9. The van der Waals surface area contributed by atoms with E-state index < -0.39 is 15.6 Å². The van der Waals surface area contributed by atoms with Crippen LogP contribution >= 0.6 is 11.3 Å². The van der Waals surface area contributed by atoms with Crippen LogP contribution in [-0.4, -0.2) is 55.8 Å². The van der Waals surface area contributed by atoms with Gasteiger partial charge in [-0.25, -0.2) is 13.4 Å². The molecular formula is C28H35NO7S2. The molecule has 0 N–H and O–H groups in total. The van der Waals surface area contributed by atoms with Crippen LogP contribution in [0.15, 0.2) is 34.5 Å². The number of carbonyl (C=O) groups excluding carboxylic acids is 2. The van der Waals surface area contributed by atoms with Crippen molar-refractivity contribution in [2.45, 2.75) is 86.7 Å². The summed E-state index contributed by atoms with van der Waals surface area (Å²) in [5, 5.41) is 1.91. The van der Waals surface area contributed by atoms with Gasteiger partial charge in [-0.15, -0.1) is 11.3 Å². The molecule has 0 amide bonds. The highest BCUT2D eigenvalue weighted by Crippen LogP contribution is 2.36. The maximum Gasteiger partial charge on any atom is 0.191 e. The van der Waals surface area contributed by atoms with Crippen LogP contribution in [0.5, 0.6) is 0 Å². The van der Waals surface area contributed by atoms with Gasteiger partial charge in [0.25, 0.3) is 0 Å². The second kappa shape index (κ2) is 11.3. The standard InChI is InChI=1S/C28H35NO7S2/c1-28(2)35-16-26(36-28)23-17-37-27(29-23)25(31)10-9-24(30)22(15-18-11-13-34-14-12-18)19-3-5-20(6-4-19)38(32,33)21-7-8-21/h3-6,17-18,21-22,26H,7-16H2,1-2H3. The summed E-state index contributed by atoms with van der Waals surface area (Å²) in [6.45, 7) is 5.43. The predicted octanol–water partition coefficient (Wildman–Crippen LogP) is 5.04. The van der Waals surface area contributed by atoms with E-state index in [-0.39, 0.29) is 41.7 Å². The molecule has 2 aliphatic heterocycles. The minimum atomic E-state index is -3.29. The summed E-state index contributed by atoms with van der Waals surface area (Å²) in [5.74, 6) is -0.883. The highest BCUT2D eigenvalue weighted by Gasteiger charge is 2.37. The maximum absolute atomic E-state index is 13.5. The zero-order valence-corrected chi connectivity index (χ0v) is 23.5. The van der Waals surface area contributed by atoms with E-state index in [2.05, 4.69) is 4.98 Å². The molecule has 3 fully saturated rings. The molecule has 38 heavy (non-hydrogen) atoms. The van der Waals surface area contributed by atoms with Crippen LogP contribution < -0.4 is 0 Å². The lowest BCUT2D eigenvalue weighted by Crippen LogP contribution is -2.22. The van der Waals surface area contributed by atoms with Crippen LogP contribution in [0, 0.1) is 5.92 Å². The maximum atomic E-state index is 13.5. The lowest BCUT2D eigenvalue weighted by molar-refractivity contribution is -0.139. The Morgan fingerprint density at radius 1 is 1.08 bits per heavy atom. The molecule has 2 unspecified atom stereocenters. The average molecular weight is 562 g/mol. The first-order chi connectivity index (χ1) is 18.1. The highest BCUT2D eigenvalue weighted by molar-refractivity contribution is 7.92. The van der Waals surface area contributed by atoms with Crippen LogP contribution in [0.25, 0.3) is 0 Å². The lowest BCUT2D eigenvalue weighted by Gasteiger charge is -2.26. The smallest absolute Gasteiger partial charge is 0.191 e. The molecule has 0 spiro atoms. The second-order valence-corrected chi connectivity index (χ2v) is 14.0. The molecule has 10 heteroatoms. The summed E-state index contributed by atoms with van der Waals surface area (Å²) in [7, 11) is -3.29. The molecule has 1 aromatic heterocycles. The number of nitrogens with zero attached hydrogens (tertiary/aromatic N) is 1. The third-order valence-electron chi connectivity index (χ3n) is 7.57. The Kier molecular flexibility index (Phi) is 8.17. The fraction of sp³-hybridized carbons (Fsp3) is 0.607. The SMILES string of the molecule is CC1(C)OCC(c2csc(C(=O)CCC(=O)C(CC3CCOCC3)c3ccc(S(=O)(=O)C4CC4)cc3)n2)O1. The fourth-order valence-corrected chi connectivity index (χ4v) is 7.63. The van der Waals surface area contributed by atoms with E-state index in [4.69, 9.17) is 14.2 Å². The zero-order valence-electron chi connectivity index (χ0n) is 21.9. The minimum Gasteiger partial charge on any atom is -0.381 e. The third kappa shape index (κ3) is 6.42. The molecule has 5 rings (SSSR count). The normalized spacial score (nSPS) is 22.8. The number of benzene rings is 1. The number of ether oxygens (including phenoxy) is 3. The first-order valence-electron chi connectivity index (χ1n) is 13.4. The third-order valence-corrected chi connectivity index (χ3v) is 10.7. The van der Waals surface area contributed by atoms with Crippen molar-refractivity contribution in [1.82, 2.24) is 4.98 Å². The average Bonchev–Trinajstić information content (AvgIpc) is 3.56. The first kappa shape index (κ1) is 27.6. The Bertz CT molecular complexity index is 1260. The molecule has 0 radical (unpaired) electrons. The fourth-order valence-electron chi connectivity index (χ4n) is 5.14. The lowest BCUT2D eigenvalue weighted by atomic mass is 9.81. The van der Waals surface area contributed by atoms with Crippen LogP contribution in [0.2, 0.25) is 0 Å². The van der Waals surface area contributed by atoms with E-state index in [1.165, 1.54) is 11.3 Å². The van der Waals surface area contributed by atoms with Gasteiger partial charge in [-0.3, -0.25) is 9.59 Å². The van der Waals surface area contributed by atoms with Gasteiger partial charge >= 0.3 is 0 Å². The van der Waals surface area contributed by atoms with Crippen LogP contribution in [0.3, 0.4) is 0 Å². The molecule has 1 aromatic carbocycles. The molecule has 2 atom stereocenters. The Morgan fingerprint density at radius 3 is 2.42 bits per heavy atom. The van der Waals surface area contributed by atoms with Crippen LogP contribution in [0.4, 0.5) is 0 Å². The molecule has 1 saturated carbocycles. The number of thiazole rings is 1. The van der Waals surface area contributed by atoms with Crippen molar-refractivity contribution < 1.29 is 32.2 Å². The number of sulfone groups is 1. The minimum absolute atomic E-state index is 0.00584. The van der Waals surface area contributed by atoms with Gasteiger partial charge in [0.05, 0.1) is 22.4 Å². The van der Waals surface area contributed by atoms with Gasteiger partial charge in [0.15, 0.2) is 26.4 Å². The van der Waals surface area contributed by atoms with Crippen molar-refractivity contribution in [2.75, 3.05) is 19.8 Å². The molecule has 3 heterocycles. The number of aromatic nitrogens is 1. The van der Waals surface area contributed by atoms with Gasteiger partial charge in [-0.05, 0) is 69.6 Å². The molecule has 2 aromatic rings. The summed E-state index contributed by atoms with van der Waals surface area (Å²) in [4.78, 5) is 31.2. The summed E-state index contributed by atoms with van der Waals surface area (Å²) in [6.07, 6.45) is 3.76. The Morgan fingerprint density at radius 2 is 1.79 bits per heavy atom. The topological polar surface area (TPSA) is 109 Å². The van der Waals surface area contributed by atoms with E-state index >= 15 is 0 Å². The summed E-state index contributed by atoms with van der Waals surface area (Å²) in [5.41, 5.74) is 1.48. The number of carbonyl (C=O) groups is 2. The van der Waals surface area contributed by atoms with Crippen LogP contribution in [0.1, 0.15) is 91.9 Å². The summed E-state index contributed by atoms with van der Waals surface area (Å²) in [6, 6.07) is 6.81. The van der Waals surface area contributed by atoms with Crippen molar-refractivity contribution in [2.24, 2.45) is 5.92 Å². The van der Waals surface area contributed by atoms with E-state index in [1.54, 1.807) is 24.3 Å². The monoisotopic (exact) mass is 561 g/mol. The number of ketones is 2. The Balaban J connectivity index is 1.25. The number of Topliss-reactive ketones (excluding diaryl/α,β-unsaturated/α-hetero) is 2. The van der Waals surface area contributed by atoms with E-state index in [0.717, 1.165) is 18.4 Å². The summed E-state index contributed by atoms with van der Waals surface area (Å²) >= 11 is 1.26. The Hall–Kier alpha value is -1.98. The van der Waals surface area contributed by atoms with E-state index in [1.807, 2.05) is 19.2 Å². The largest absolute Gasteiger partial charge is 0.381 e. The molecule has 206 valence electrons. The molecule has 8 nitrogen and oxygen atoms in total. The van der Waals surface area contributed by atoms with Crippen molar-refractivity contribution in [3.8, 4) is 0 Å². The van der Waals surface area contributed by atoms with E-state index in [0.29, 0.717) is 60.6 Å². The Labute approximate surface area is 228 Å². The van der Waals surface area contributed by atoms with Gasteiger partial charge in [0.1, 0.15) is 11.9 Å². The quantitative estimate of drug-likeness (QED) is 0.351. The predicted molar refractivity (Wildman–Crippen MR) is 142 cm³/mol. The van der Waals surface area contributed by atoms with Crippen molar-refractivity contribution in [1.29, 1.82) is 0 Å². The van der Waals surface area contributed by atoms with Gasteiger partial charge in [-0.1, -0.05) is 12.1 Å². The highest BCUT2D eigenvalue weighted by atomic mass is 32.2. The number of hydrogen-bond donors (Lipinski definition) is 0. The van der Waals surface area contributed by atoms with Gasteiger partial charge < -0.3 is 14.2 Å². The second-order valence-electron chi connectivity index (χ2n) is 10.9. The van der Waals surface area contributed by atoms with Crippen molar-refractivity contribution in [3.63, 3.8) is 0 Å². The molecule has 3 aliphatic rings. The van der Waals surface area contributed by atoms with Crippen LogP contribution in [-0.2, 0) is 28.8 Å². The molecule has 1 aliphatic carbocycles. The molecule has 2 saturated heterocycles. The van der Waals surface area contributed by atoms with Gasteiger partial charge in [-0.2, -0.15) is 0 Å². The summed E-state index contributed by atoms with van der Waals surface area (Å²) < 4.78 is 42.2.